The van der Waals surface area contributed by atoms with Crippen LogP contribution in [-0.2, 0) is 0 Å². The van der Waals surface area contributed by atoms with Crippen molar-refractivity contribution in [1.29, 1.82) is 0 Å². The lowest BCUT2D eigenvalue weighted by molar-refractivity contribution is 0.669. The maximum atomic E-state index is 6.39. The van der Waals surface area contributed by atoms with Gasteiger partial charge in [-0.25, -0.2) is 0 Å². The van der Waals surface area contributed by atoms with Gasteiger partial charge in [0.05, 0.1) is 10.9 Å². The van der Waals surface area contributed by atoms with Gasteiger partial charge < -0.3 is 8.98 Å². The number of hydrogen-bond acceptors (Lipinski definition) is 1. The minimum Gasteiger partial charge on any atom is -0.456 e. The van der Waals surface area contributed by atoms with Gasteiger partial charge in [0.15, 0.2) is 0 Å². The molecule has 2 aromatic heterocycles. The lowest BCUT2D eigenvalue weighted by Crippen LogP contribution is -2.38. The van der Waals surface area contributed by atoms with Crippen molar-refractivity contribution in [2.24, 2.45) is 5.92 Å². The molecule has 0 amide bonds. The zero-order chi connectivity index (χ0) is 34.6. The van der Waals surface area contributed by atoms with E-state index in [-0.39, 0.29) is 0 Å². The Labute approximate surface area is 306 Å². The molecule has 3 heteroatoms. The van der Waals surface area contributed by atoms with Crippen LogP contribution in [0.1, 0.15) is 39.0 Å². The first kappa shape index (κ1) is 31.2. The smallest absolute Gasteiger partial charge is 0.136 e. The van der Waals surface area contributed by atoms with Crippen LogP contribution in [0.15, 0.2) is 177 Å². The molecule has 0 saturated heterocycles. The largest absolute Gasteiger partial charge is 0.456 e. The molecule has 6 aromatic carbocycles. The highest BCUT2D eigenvalue weighted by Gasteiger charge is 2.40. The van der Waals surface area contributed by atoms with Crippen LogP contribution in [0.3, 0.4) is 0 Å². The second-order valence-corrected chi connectivity index (χ2v) is 17.4. The number of hydrogen-bond donors (Lipinski definition) is 0. The molecule has 2 heterocycles. The average molecular weight is 692 g/mol. The van der Waals surface area contributed by atoms with Crippen molar-refractivity contribution in [3.8, 4) is 11.1 Å². The molecule has 0 saturated carbocycles. The number of para-hydroxylation sites is 2. The van der Waals surface area contributed by atoms with Crippen molar-refractivity contribution in [1.82, 2.24) is 4.57 Å². The normalized spacial score (nSPS) is 16.5. The van der Waals surface area contributed by atoms with E-state index in [2.05, 4.69) is 169 Å². The molecule has 10 rings (SSSR count). The van der Waals surface area contributed by atoms with Gasteiger partial charge in [0.1, 0.15) is 11.2 Å². The predicted molar refractivity (Wildman–Crippen MR) is 220 cm³/mol. The Morgan fingerprint density at radius 1 is 0.577 bits per heavy atom. The molecule has 0 radical (unpaired) electrons. The Kier molecular flexibility index (Phi) is 7.58. The van der Waals surface area contributed by atoms with Gasteiger partial charge in [-0.2, -0.15) is 0 Å². The number of benzene rings is 6. The van der Waals surface area contributed by atoms with Crippen molar-refractivity contribution in [2.75, 3.05) is 0 Å². The molecule has 0 bridgehead atoms. The Morgan fingerprint density at radius 3 is 2.02 bits per heavy atom. The van der Waals surface area contributed by atoms with Crippen LogP contribution < -0.4 is 10.6 Å². The van der Waals surface area contributed by atoms with Gasteiger partial charge in [-0.1, -0.05) is 110 Å². The first-order valence-corrected chi connectivity index (χ1v) is 20.3. The van der Waals surface area contributed by atoms with E-state index in [1.54, 1.807) is 4.91 Å². The Balaban J connectivity index is 1.34. The number of furan rings is 1. The molecule has 8 aromatic rings. The molecule has 1 unspecified atom stereocenters. The molecule has 0 spiro atoms. The molecule has 0 aliphatic heterocycles. The fraction of sp³-hybridized carbons (Fsp3) is 0.143. The van der Waals surface area contributed by atoms with Crippen molar-refractivity contribution >= 4 is 59.5 Å². The average Bonchev–Trinajstić information content (AvgIpc) is 3.75. The Bertz CT molecular complexity index is 2750. The summed E-state index contributed by atoms with van der Waals surface area (Å²) in [5.41, 5.74) is 7.00. The van der Waals surface area contributed by atoms with Gasteiger partial charge in [-0.05, 0) is 110 Å². The van der Waals surface area contributed by atoms with E-state index in [0.29, 0.717) is 5.92 Å². The molecule has 2 aliphatic carbocycles. The zero-order valence-electron chi connectivity index (χ0n) is 29.5. The summed E-state index contributed by atoms with van der Waals surface area (Å²) in [5.74, 6) is 0.325. The topological polar surface area (TPSA) is 18.1 Å². The summed E-state index contributed by atoms with van der Waals surface area (Å²) in [6.07, 6.45) is 10.8. The summed E-state index contributed by atoms with van der Waals surface area (Å²) >= 11 is 0. The summed E-state index contributed by atoms with van der Waals surface area (Å²) in [4.78, 5) is 5.65. The summed E-state index contributed by atoms with van der Waals surface area (Å²) in [5, 5.41) is 6.48. The van der Waals surface area contributed by atoms with Gasteiger partial charge in [-0.15, -0.1) is 10.0 Å². The molecule has 2 aliphatic rings. The molecule has 254 valence electrons. The molecule has 0 fully saturated rings. The molecule has 0 N–H and O–H groups in total. The van der Waals surface area contributed by atoms with Gasteiger partial charge in [0.2, 0.25) is 0 Å². The van der Waals surface area contributed by atoms with Crippen LogP contribution in [0.25, 0.3) is 60.6 Å². The maximum Gasteiger partial charge on any atom is 0.136 e. The van der Waals surface area contributed by atoms with Crippen molar-refractivity contribution in [3.63, 3.8) is 0 Å². The lowest BCUT2D eigenvalue weighted by Gasteiger charge is -2.46. The minimum absolute atomic E-state index is 0.325. The molecular weight excluding hydrogens is 651 g/mol. The molecular formula is C49H41NOS. The molecule has 2 nitrogen and oxygen atoms in total. The fourth-order valence-electron chi connectivity index (χ4n) is 8.93. The third kappa shape index (κ3) is 4.79. The van der Waals surface area contributed by atoms with Gasteiger partial charge >= 0.3 is 0 Å². The highest BCUT2D eigenvalue weighted by Crippen LogP contribution is 2.76. The fourth-order valence-corrected chi connectivity index (χ4v) is 13.4. The number of nitrogens with zero attached hydrogens (tertiary/aromatic N) is 1. The van der Waals surface area contributed by atoms with Crippen LogP contribution in [0.4, 0.5) is 0 Å². The van der Waals surface area contributed by atoms with Crippen LogP contribution >= 0.6 is 10.0 Å². The van der Waals surface area contributed by atoms with E-state index in [4.69, 9.17) is 4.42 Å². The highest BCUT2D eigenvalue weighted by molar-refractivity contribution is 8.40. The standard InChI is InChI=1S/C49H41NOS/c1-34-28-30-44-41-24-11-13-26-45(41)50(37-17-5-2-6-18-37)48(44)49(34)52(38-19-7-3-8-20-38,39-21-9-4-10-22-39)40-23-15-16-35(32-40)36-29-31-43-42-25-12-14-27-46(42)51-47(43)33-36/h3-4,7-17,19-27,29-34H,2,5-6,18,28H2,1H3. The van der Waals surface area contributed by atoms with E-state index in [0.717, 1.165) is 41.2 Å². The Morgan fingerprint density at radius 2 is 1.25 bits per heavy atom. The first-order chi connectivity index (χ1) is 25.7. The van der Waals surface area contributed by atoms with Crippen molar-refractivity contribution in [3.05, 3.63) is 168 Å². The van der Waals surface area contributed by atoms with Crippen LogP contribution in [0.2, 0.25) is 0 Å². The van der Waals surface area contributed by atoms with Crippen molar-refractivity contribution in [2.45, 2.75) is 53.7 Å². The number of rotatable bonds is 6. The zero-order valence-corrected chi connectivity index (χ0v) is 30.3. The molecule has 1 atom stereocenters. The van der Waals surface area contributed by atoms with E-state index < -0.39 is 10.0 Å². The van der Waals surface area contributed by atoms with Gasteiger partial charge in [0, 0.05) is 46.7 Å². The second-order valence-electron chi connectivity index (χ2n) is 14.3. The van der Waals surface area contributed by atoms with Gasteiger partial charge in [-0.3, -0.25) is 0 Å². The number of allylic oxidation sites excluding steroid dienone is 2. The third-order valence-electron chi connectivity index (χ3n) is 11.2. The number of aromatic nitrogens is 1. The van der Waals surface area contributed by atoms with Crippen molar-refractivity contribution < 1.29 is 4.42 Å². The van der Waals surface area contributed by atoms with Crippen LogP contribution in [0.5, 0.6) is 0 Å². The van der Waals surface area contributed by atoms with Gasteiger partial charge in [0.25, 0.3) is 0 Å². The summed E-state index contributed by atoms with van der Waals surface area (Å²) in [6.45, 7) is 2.47. The summed E-state index contributed by atoms with van der Waals surface area (Å²) < 4.78 is 9.07. The second kappa shape index (κ2) is 12.6. The number of fused-ring (bicyclic) bond motifs is 6. The maximum absolute atomic E-state index is 6.39. The van der Waals surface area contributed by atoms with E-state index in [1.807, 2.05) is 6.07 Å². The van der Waals surface area contributed by atoms with E-state index in [1.165, 1.54) is 65.8 Å². The summed E-state index contributed by atoms with van der Waals surface area (Å²) in [7, 11) is -1.97. The minimum atomic E-state index is -1.97. The summed E-state index contributed by atoms with van der Waals surface area (Å²) in [6, 6.07) is 56.4. The predicted octanol–water partition coefficient (Wildman–Crippen LogP) is 12.5. The third-order valence-corrected chi connectivity index (χ3v) is 15.4. The lowest BCUT2D eigenvalue weighted by atomic mass is 10.0. The monoisotopic (exact) mass is 691 g/mol. The first-order valence-electron chi connectivity index (χ1n) is 18.7. The highest BCUT2D eigenvalue weighted by atomic mass is 32.3. The SMILES string of the molecule is CC1CC=c2c(n(C3=CCCCC3)c3ccccc23)=C1S(c1ccccc1)(c1ccccc1)c1cccc(-c2ccc3c(c2)oc2ccccc23)c1. The quantitative estimate of drug-likeness (QED) is 0.170. The van der Waals surface area contributed by atoms with E-state index in [9.17, 15) is 0 Å². The Hall–Kier alpha value is -5.51. The molecule has 52 heavy (non-hydrogen) atoms. The van der Waals surface area contributed by atoms with Crippen LogP contribution in [-0.4, -0.2) is 4.57 Å². The van der Waals surface area contributed by atoms with E-state index >= 15 is 0 Å². The van der Waals surface area contributed by atoms with Crippen LogP contribution in [0, 0.1) is 5.92 Å².